The Kier molecular flexibility index (Phi) is 4.32. The molecule has 5 heteroatoms. The second-order valence-corrected chi connectivity index (χ2v) is 8.07. The normalized spacial score (nSPS) is 26.2. The van der Waals surface area contributed by atoms with Crippen LogP contribution in [0.3, 0.4) is 0 Å². The molecule has 0 bridgehead atoms. The zero-order valence-corrected chi connectivity index (χ0v) is 14.9. The molecule has 126 valence electrons. The summed E-state index contributed by atoms with van der Waals surface area (Å²) in [7, 11) is -0.773. The molecule has 1 aliphatic carbocycles. The molecule has 0 N–H and O–H groups in total. The molecule has 1 aliphatic heterocycles. The Balaban J connectivity index is 2.30. The Morgan fingerprint density at radius 3 is 2.46 bits per heavy atom. The van der Waals surface area contributed by atoms with E-state index >= 15 is 0 Å². The Bertz CT molecular complexity index is 798. The van der Waals surface area contributed by atoms with Crippen LogP contribution in [0.2, 0.25) is 0 Å². The van der Waals surface area contributed by atoms with Crippen LogP contribution in [-0.4, -0.2) is 30.1 Å². The van der Waals surface area contributed by atoms with E-state index in [4.69, 9.17) is 0 Å². The van der Waals surface area contributed by atoms with E-state index in [9.17, 15) is 7.77 Å². The molecule has 1 aromatic rings. The van der Waals surface area contributed by atoms with Crippen molar-refractivity contribution >= 4 is 22.4 Å². The highest BCUT2D eigenvalue weighted by Crippen LogP contribution is 2.62. The molecular weight excluding hydrogens is 326 g/mol. The maximum atomic E-state index is 14.7. The van der Waals surface area contributed by atoms with Gasteiger partial charge in [0.2, 0.25) is 16.8 Å². The maximum Gasteiger partial charge on any atom is 0.242 e. The topological polar surface area (TPSA) is 12.4 Å². The van der Waals surface area contributed by atoms with Crippen molar-refractivity contribution in [3.8, 4) is 0 Å². The number of benzene rings is 1. The molecule has 24 heavy (non-hydrogen) atoms. The van der Waals surface area contributed by atoms with Gasteiger partial charge in [0.15, 0.2) is 0 Å². The van der Waals surface area contributed by atoms with Crippen molar-refractivity contribution in [3.63, 3.8) is 0 Å². The predicted octanol–water partition coefficient (Wildman–Crippen LogP) is 5.45. The summed E-state index contributed by atoms with van der Waals surface area (Å²) >= 11 is 0. The number of amidine groups is 1. The summed E-state index contributed by atoms with van der Waals surface area (Å²) in [5.41, 5.74) is 3.53. The second-order valence-electron chi connectivity index (χ2n) is 5.97. The fourth-order valence-corrected chi connectivity index (χ4v) is 4.23. The first kappa shape index (κ1) is 16.9. The SMILES string of the molecule is CN=C1C=C(c2ccccc2)C2=C(CC=CC=C2)[N+]1(C)S(C)(F)F. The average Bonchev–Trinajstić information content (AvgIpc) is 2.81. The highest BCUT2D eigenvalue weighted by molar-refractivity contribution is 8.20. The van der Waals surface area contributed by atoms with Crippen LogP contribution in [-0.2, 0) is 0 Å². The number of hydrogen-bond acceptors (Lipinski definition) is 1. The van der Waals surface area contributed by atoms with Gasteiger partial charge in [-0.15, -0.1) is 7.77 Å². The number of rotatable bonds is 2. The van der Waals surface area contributed by atoms with E-state index in [-0.39, 0.29) is 0 Å². The van der Waals surface area contributed by atoms with E-state index in [1.54, 1.807) is 14.1 Å². The zero-order valence-electron chi connectivity index (χ0n) is 14.0. The van der Waals surface area contributed by atoms with E-state index in [0.29, 0.717) is 18.0 Å². The first-order valence-electron chi connectivity index (χ1n) is 7.75. The van der Waals surface area contributed by atoms with Crippen LogP contribution in [0.5, 0.6) is 0 Å². The van der Waals surface area contributed by atoms with Crippen molar-refractivity contribution in [2.24, 2.45) is 4.99 Å². The molecule has 0 amide bonds. The Morgan fingerprint density at radius 2 is 1.83 bits per heavy atom. The van der Waals surface area contributed by atoms with Gasteiger partial charge in [-0.1, -0.05) is 48.6 Å². The molecule has 1 unspecified atom stereocenters. The third-order valence-corrected chi connectivity index (χ3v) is 6.29. The van der Waals surface area contributed by atoms with Crippen LogP contribution in [0.15, 0.2) is 77.0 Å². The molecule has 3 rings (SSSR count). The minimum atomic E-state index is -3.94. The summed E-state index contributed by atoms with van der Waals surface area (Å²) < 4.78 is 28.9. The highest BCUT2D eigenvalue weighted by Gasteiger charge is 2.52. The average molecular weight is 347 g/mol. The molecule has 1 atom stereocenters. The van der Waals surface area contributed by atoms with Crippen molar-refractivity contribution in [1.82, 2.24) is 0 Å². The predicted molar refractivity (Wildman–Crippen MR) is 99.6 cm³/mol. The summed E-state index contributed by atoms with van der Waals surface area (Å²) in [6, 6.07) is 9.87. The van der Waals surface area contributed by atoms with Crippen LogP contribution in [0.4, 0.5) is 7.77 Å². The lowest BCUT2D eigenvalue weighted by atomic mass is 9.91. The fourth-order valence-electron chi connectivity index (χ4n) is 3.20. The van der Waals surface area contributed by atoms with Gasteiger partial charge in [-0.2, -0.15) is 3.89 Å². The number of aliphatic imine (C=N–C) groups is 1. The minimum Gasteiger partial charge on any atom is -0.237 e. The van der Waals surface area contributed by atoms with Gasteiger partial charge in [-0.3, -0.25) is 0 Å². The van der Waals surface area contributed by atoms with Gasteiger partial charge >= 0.3 is 0 Å². The van der Waals surface area contributed by atoms with Gasteiger partial charge in [0.1, 0.15) is 5.70 Å². The summed E-state index contributed by atoms with van der Waals surface area (Å²) in [5, 5.41) is 0. The first-order valence-corrected chi connectivity index (χ1v) is 9.55. The molecule has 0 fully saturated rings. The molecule has 0 spiro atoms. The third-order valence-electron chi connectivity index (χ3n) is 4.60. The van der Waals surface area contributed by atoms with E-state index in [2.05, 4.69) is 4.99 Å². The van der Waals surface area contributed by atoms with Gasteiger partial charge < -0.3 is 0 Å². The number of halogens is 2. The van der Waals surface area contributed by atoms with Crippen LogP contribution in [0, 0.1) is 0 Å². The van der Waals surface area contributed by atoms with Crippen LogP contribution >= 0.6 is 11.0 Å². The standard InChI is InChI=1S/C19H21F2N2S/c1-22-19-14-17(15-10-6-4-7-11-15)16-12-8-5-9-13-18(16)23(19,2)24(3,20)21/h4-12,14H,13H2,1-3H3/q+1. The number of allylic oxidation sites excluding steroid dienone is 6. The molecule has 1 aromatic carbocycles. The number of likely N-dealkylation sites (N-methyl/N-ethyl adjacent to an activating group) is 1. The second kappa shape index (κ2) is 6.15. The highest BCUT2D eigenvalue weighted by atomic mass is 32.3. The lowest BCUT2D eigenvalue weighted by molar-refractivity contribution is -0.644. The molecule has 2 aliphatic rings. The van der Waals surface area contributed by atoms with Crippen molar-refractivity contribution in [1.29, 1.82) is 0 Å². The van der Waals surface area contributed by atoms with Crippen LogP contribution < -0.4 is 0 Å². The Hall–Kier alpha value is -1.98. The van der Waals surface area contributed by atoms with Gasteiger partial charge in [0, 0.05) is 30.7 Å². The van der Waals surface area contributed by atoms with Crippen molar-refractivity contribution < 1.29 is 11.7 Å². The van der Waals surface area contributed by atoms with E-state index < -0.39 is 14.9 Å². The minimum absolute atomic E-state index is 0.402. The lowest BCUT2D eigenvalue weighted by Crippen LogP contribution is -2.48. The quantitative estimate of drug-likeness (QED) is 0.631. The summed E-state index contributed by atoms with van der Waals surface area (Å²) in [6.45, 7) is 0. The summed E-state index contributed by atoms with van der Waals surface area (Å²) in [5.74, 6) is 0.402. The first-order chi connectivity index (χ1) is 11.4. The Labute approximate surface area is 143 Å². The van der Waals surface area contributed by atoms with Crippen LogP contribution in [0.1, 0.15) is 12.0 Å². The lowest BCUT2D eigenvalue weighted by Gasteiger charge is -2.43. The largest absolute Gasteiger partial charge is 0.242 e. The van der Waals surface area contributed by atoms with Gasteiger partial charge in [-0.25, -0.2) is 4.99 Å². The number of quaternary nitrogens is 1. The molecule has 0 saturated heterocycles. The third kappa shape index (κ3) is 2.58. The molecule has 0 radical (unpaired) electrons. The monoisotopic (exact) mass is 347 g/mol. The van der Waals surface area contributed by atoms with E-state index in [1.807, 2.05) is 60.7 Å². The van der Waals surface area contributed by atoms with Crippen LogP contribution in [0.25, 0.3) is 5.57 Å². The maximum absolute atomic E-state index is 14.7. The van der Waals surface area contributed by atoms with Crippen molar-refractivity contribution in [3.05, 3.63) is 77.5 Å². The molecular formula is C19H21F2N2S+. The Morgan fingerprint density at radius 1 is 1.12 bits per heavy atom. The molecule has 0 aromatic heterocycles. The van der Waals surface area contributed by atoms with Gasteiger partial charge in [-0.05, 0) is 11.6 Å². The van der Waals surface area contributed by atoms with Crippen molar-refractivity contribution in [2.45, 2.75) is 6.42 Å². The zero-order chi connectivity index (χ0) is 17.4. The molecule has 0 saturated carbocycles. The van der Waals surface area contributed by atoms with Gasteiger partial charge in [0.05, 0.1) is 13.3 Å². The molecule has 1 heterocycles. The molecule has 2 nitrogen and oxygen atoms in total. The smallest absolute Gasteiger partial charge is 0.237 e. The summed E-state index contributed by atoms with van der Waals surface area (Å²) in [4.78, 5) is 4.24. The van der Waals surface area contributed by atoms with Gasteiger partial charge in [0.25, 0.3) is 0 Å². The fraction of sp³-hybridized carbons (Fsp3) is 0.211. The summed E-state index contributed by atoms with van der Waals surface area (Å²) in [6.07, 6.45) is 11.0. The number of nitrogens with zero attached hydrogens (tertiary/aromatic N) is 2. The number of hydrogen-bond donors (Lipinski definition) is 0. The van der Waals surface area contributed by atoms with E-state index in [0.717, 1.165) is 23.0 Å². The van der Waals surface area contributed by atoms with E-state index in [1.165, 1.54) is 0 Å². The van der Waals surface area contributed by atoms with Crippen molar-refractivity contribution in [2.75, 3.05) is 20.4 Å².